The van der Waals surface area contributed by atoms with Crippen LogP contribution < -0.4 is 0 Å². The van der Waals surface area contributed by atoms with E-state index in [0.29, 0.717) is 5.92 Å². The zero-order valence-electron chi connectivity index (χ0n) is 25.2. The Morgan fingerprint density at radius 1 is 0.737 bits per heavy atom. The molecular formula is C36H54Br2. The van der Waals surface area contributed by atoms with Gasteiger partial charge in [0.05, 0.1) is 0 Å². The van der Waals surface area contributed by atoms with Crippen LogP contribution in [0.1, 0.15) is 121 Å². The number of allylic oxidation sites excluding steroid dienone is 1. The molecule has 212 valence electrons. The highest BCUT2D eigenvalue weighted by atomic mass is 79.9. The lowest BCUT2D eigenvalue weighted by atomic mass is 9.78. The summed E-state index contributed by atoms with van der Waals surface area (Å²) in [4.78, 5) is 0. The molecule has 0 nitrogen and oxygen atoms in total. The van der Waals surface area contributed by atoms with Gasteiger partial charge in [-0.25, -0.2) is 0 Å². The van der Waals surface area contributed by atoms with Crippen molar-refractivity contribution in [2.24, 2.45) is 29.6 Å². The minimum atomic E-state index is 0.604. The van der Waals surface area contributed by atoms with Gasteiger partial charge in [-0.15, -0.1) is 0 Å². The highest BCUT2D eigenvalue weighted by Gasteiger charge is 2.23. The Balaban J connectivity index is 1.96. The van der Waals surface area contributed by atoms with Crippen molar-refractivity contribution in [3.8, 4) is 0 Å². The Kier molecular flexibility index (Phi) is 13.4. The SMILES string of the molecule is CC(C)CCCC(C)CCc1c2c(c3ccc(CBr)cc3c1CCC(C)CCCC(C)C)C=CC(CBr)C2. The number of hydrogen-bond donors (Lipinski definition) is 0. The van der Waals surface area contributed by atoms with Crippen molar-refractivity contribution >= 4 is 48.7 Å². The van der Waals surface area contributed by atoms with E-state index in [2.05, 4.69) is 104 Å². The molecule has 3 atom stereocenters. The Bertz CT molecular complexity index is 1030. The van der Waals surface area contributed by atoms with Crippen molar-refractivity contribution in [3.05, 3.63) is 52.1 Å². The summed E-state index contributed by atoms with van der Waals surface area (Å²) in [7, 11) is 0. The maximum Gasteiger partial charge on any atom is 0.0283 e. The topological polar surface area (TPSA) is 0 Å². The second kappa shape index (κ2) is 16.0. The molecule has 1 aliphatic rings. The number of fused-ring (bicyclic) bond motifs is 3. The lowest BCUT2D eigenvalue weighted by Crippen LogP contribution is -2.15. The zero-order valence-corrected chi connectivity index (χ0v) is 28.4. The van der Waals surface area contributed by atoms with Crippen LogP contribution in [-0.4, -0.2) is 5.33 Å². The lowest BCUT2D eigenvalue weighted by Gasteiger charge is -2.27. The number of rotatable bonds is 16. The predicted molar refractivity (Wildman–Crippen MR) is 179 cm³/mol. The van der Waals surface area contributed by atoms with E-state index >= 15 is 0 Å². The van der Waals surface area contributed by atoms with Crippen LogP contribution in [0.2, 0.25) is 0 Å². The van der Waals surface area contributed by atoms with Gasteiger partial charge in [0.25, 0.3) is 0 Å². The van der Waals surface area contributed by atoms with E-state index in [4.69, 9.17) is 0 Å². The van der Waals surface area contributed by atoms with Gasteiger partial charge in [-0.2, -0.15) is 0 Å². The maximum absolute atomic E-state index is 3.80. The van der Waals surface area contributed by atoms with Crippen LogP contribution in [0.3, 0.4) is 0 Å². The first-order chi connectivity index (χ1) is 18.2. The van der Waals surface area contributed by atoms with Crippen LogP contribution in [-0.2, 0) is 24.6 Å². The molecule has 2 aromatic rings. The predicted octanol–water partition coefficient (Wildman–Crippen LogP) is 12.1. The van der Waals surface area contributed by atoms with Crippen LogP contribution in [0.4, 0.5) is 0 Å². The smallest absolute Gasteiger partial charge is 0.0283 e. The summed E-state index contributed by atoms with van der Waals surface area (Å²) in [6, 6.07) is 7.25. The van der Waals surface area contributed by atoms with E-state index in [1.54, 1.807) is 16.7 Å². The summed E-state index contributed by atoms with van der Waals surface area (Å²) in [6.07, 6.45) is 19.4. The van der Waals surface area contributed by atoms with Crippen molar-refractivity contribution in [2.45, 2.75) is 118 Å². The third-order valence-corrected chi connectivity index (χ3v) is 10.3. The molecule has 2 heteroatoms. The summed E-state index contributed by atoms with van der Waals surface area (Å²) in [5, 5.41) is 4.98. The fourth-order valence-electron chi connectivity index (χ4n) is 6.33. The lowest BCUT2D eigenvalue weighted by molar-refractivity contribution is 0.431. The summed E-state index contributed by atoms with van der Waals surface area (Å²) >= 11 is 7.55. The third-order valence-electron chi connectivity index (χ3n) is 8.84. The Hall–Kier alpha value is -0.600. The van der Waals surface area contributed by atoms with Gasteiger partial charge in [-0.3, -0.25) is 0 Å². The fraction of sp³-hybridized carbons (Fsp3) is 0.667. The standard InChI is InChI=1S/C36H54Br2/c1-25(2)9-7-11-27(5)13-17-31-32(18-14-28(6)12-8-10-26(3)4)36-22-30(24-38)16-20-34(36)33-19-15-29(23-37)21-35(31)33/h15-16,19-21,25-28,30H,7-14,17-18,22-24H2,1-6H3. The molecule has 0 saturated carbocycles. The first-order valence-electron chi connectivity index (χ1n) is 15.6. The monoisotopic (exact) mass is 644 g/mol. The molecule has 0 heterocycles. The highest BCUT2D eigenvalue weighted by molar-refractivity contribution is 9.09. The van der Waals surface area contributed by atoms with Gasteiger partial charge in [0.15, 0.2) is 0 Å². The van der Waals surface area contributed by atoms with E-state index in [-0.39, 0.29) is 0 Å². The molecule has 2 aromatic carbocycles. The zero-order chi connectivity index (χ0) is 27.7. The highest BCUT2D eigenvalue weighted by Crippen LogP contribution is 2.39. The Morgan fingerprint density at radius 3 is 1.89 bits per heavy atom. The van der Waals surface area contributed by atoms with Crippen LogP contribution in [0.25, 0.3) is 16.8 Å². The molecular weight excluding hydrogens is 592 g/mol. The second-order valence-electron chi connectivity index (χ2n) is 13.3. The Labute approximate surface area is 252 Å². The van der Waals surface area contributed by atoms with Crippen molar-refractivity contribution in [1.29, 1.82) is 0 Å². The van der Waals surface area contributed by atoms with Crippen LogP contribution in [0.5, 0.6) is 0 Å². The number of alkyl halides is 2. The summed E-state index contributed by atoms with van der Waals surface area (Å²) < 4.78 is 0. The average molecular weight is 647 g/mol. The number of benzene rings is 2. The van der Waals surface area contributed by atoms with Crippen molar-refractivity contribution < 1.29 is 0 Å². The molecule has 0 saturated heterocycles. The summed E-state index contributed by atoms with van der Waals surface area (Å²) in [6.45, 7) is 14.4. The van der Waals surface area contributed by atoms with Gasteiger partial charge in [-0.05, 0) is 100 Å². The van der Waals surface area contributed by atoms with Crippen LogP contribution in [0, 0.1) is 29.6 Å². The molecule has 0 spiro atoms. The molecule has 1 aliphatic carbocycles. The van der Waals surface area contributed by atoms with Crippen LogP contribution in [0.15, 0.2) is 24.3 Å². The molecule has 0 N–H and O–H groups in total. The molecule has 0 fully saturated rings. The van der Waals surface area contributed by atoms with Crippen molar-refractivity contribution in [3.63, 3.8) is 0 Å². The fourth-order valence-corrected chi connectivity index (χ4v) is 7.12. The number of halogens is 2. The van der Waals surface area contributed by atoms with E-state index in [9.17, 15) is 0 Å². The van der Waals surface area contributed by atoms with Crippen molar-refractivity contribution in [2.75, 3.05) is 5.33 Å². The maximum atomic E-state index is 3.80. The quantitative estimate of drug-likeness (QED) is 0.159. The number of aryl methyl sites for hydroxylation is 1. The molecule has 0 bridgehead atoms. The van der Waals surface area contributed by atoms with Gasteiger partial charge in [0.1, 0.15) is 0 Å². The van der Waals surface area contributed by atoms with Gasteiger partial charge in [0, 0.05) is 10.7 Å². The normalized spacial score (nSPS) is 16.9. The third kappa shape index (κ3) is 9.22. The van der Waals surface area contributed by atoms with E-state index in [1.807, 2.05) is 0 Å². The van der Waals surface area contributed by atoms with Gasteiger partial charge in [-0.1, -0.05) is 142 Å². The number of hydrogen-bond acceptors (Lipinski definition) is 0. The molecule has 0 aliphatic heterocycles. The first kappa shape index (κ1) is 31.9. The average Bonchev–Trinajstić information content (AvgIpc) is 2.89. The molecule has 0 aromatic heterocycles. The largest absolute Gasteiger partial charge is 0.0922 e. The summed E-state index contributed by atoms with van der Waals surface area (Å²) in [5.74, 6) is 3.83. The van der Waals surface area contributed by atoms with Crippen LogP contribution >= 0.6 is 31.9 Å². The van der Waals surface area contributed by atoms with Gasteiger partial charge in [0.2, 0.25) is 0 Å². The molecule has 0 radical (unpaired) electrons. The van der Waals surface area contributed by atoms with Crippen molar-refractivity contribution in [1.82, 2.24) is 0 Å². The second-order valence-corrected chi connectivity index (χ2v) is 14.5. The van der Waals surface area contributed by atoms with E-state index in [0.717, 1.165) is 34.3 Å². The van der Waals surface area contributed by atoms with Gasteiger partial charge < -0.3 is 0 Å². The molecule has 0 amide bonds. The van der Waals surface area contributed by atoms with E-state index in [1.165, 1.54) is 92.5 Å². The molecule has 3 unspecified atom stereocenters. The molecule has 3 rings (SSSR count). The minimum Gasteiger partial charge on any atom is -0.0922 e. The summed E-state index contributed by atoms with van der Waals surface area (Å²) in [5.41, 5.74) is 7.95. The van der Waals surface area contributed by atoms with Gasteiger partial charge >= 0.3 is 0 Å². The van der Waals surface area contributed by atoms with E-state index < -0.39 is 0 Å². The Morgan fingerprint density at radius 2 is 1.34 bits per heavy atom. The first-order valence-corrected chi connectivity index (χ1v) is 17.9. The molecule has 38 heavy (non-hydrogen) atoms. The minimum absolute atomic E-state index is 0.604.